The number of rotatable bonds is 7. The van der Waals surface area contributed by atoms with Gasteiger partial charge in [-0.15, -0.1) is 12.6 Å². The van der Waals surface area contributed by atoms with Crippen LogP contribution in [-0.2, 0) is 41.6 Å². The number of benzene rings is 3. The summed E-state index contributed by atoms with van der Waals surface area (Å²) in [5.41, 5.74) is -3.63. The van der Waals surface area contributed by atoms with E-state index in [1.54, 1.807) is 0 Å². The van der Waals surface area contributed by atoms with Crippen molar-refractivity contribution < 1.29 is 95.9 Å². The fourth-order valence-electron chi connectivity index (χ4n) is 8.29. The molecule has 0 aliphatic carbocycles. The van der Waals surface area contributed by atoms with E-state index >= 15 is 0 Å². The summed E-state index contributed by atoms with van der Waals surface area (Å²) in [4.78, 5) is 57.3. The summed E-state index contributed by atoms with van der Waals surface area (Å²) in [5, 5.41) is 6.99. The minimum absolute atomic E-state index is 0. The Bertz CT molecular complexity index is 3410. The van der Waals surface area contributed by atoms with Crippen LogP contribution in [-0.4, -0.2) is 114 Å². The van der Waals surface area contributed by atoms with Gasteiger partial charge in [-0.2, -0.15) is 52.7 Å². The summed E-state index contributed by atoms with van der Waals surface area (Å²) in [6.07, 6.45) is -16.3. The Balaban J connectivity index is 0.000000277. The van der Waals surface area contributed by atoms with Gasteiger partial charge in [-0.3, -0.25) is 19.2 Å². The zero-order valence-corrected chi connectivity index (χ0v) is 42.7. The van der Waals surface area contributed by atoms with Gasteiger partial charge in [0.2, 0.25) is 11.8 Å². The molecule has 0 spiro atoms. The summed E-state index contributed by atoms with van der Waals surface area (Å²) >= 11 is 4.13. The molecule has 442 valence electrons. The van der Waals surface area contributed by atoms with Crippen LogP contribution in [0.2, 0.25) is 0 Å². The first kappa shape index (κ1) is 66.2. The molecule has 3 aromatic carbocycles. The number of aliphatic hydroxyl groups excluding tert-OH is 1. The molecular formula is C51H48F16N6O7S. The lowest BCUT2D eigenvalue weighted by Gasteiger charge is -2.16. The fraction of sp³-hybridized carbons (Fsp3) is 0.333. The molecule has 0 saturated carbocycles. The lowest BCUT2D eigenvalue weighted by molar-refractivity contribution is -0.159. The third kappa shape index (κ3) is 17.1. The number of aryl methyl sites for hydroxylation is 1. The fourth-order valence-corrected chi connectivity index (χ4v) is 8.44. The normalized spacial score (nSPS) is 15.4. The standard InChI is InChI=1S/C22H17F8N3O2.C20H16F5N3O2.C7H8S.C2H3F3O.2H2O/c23-13-3-5-31(8-13)18(34)10-32-6-4-17-19(20(32)35)14(9-33(17)11-21(25,26)27)12-1-2-16(24)15(7-12)22(28,29)30;21-12-3-5-27(9-12)17(29)10-28-6-4-16-18(19(28)30)13(8-26-16)11-1-2-15(22)14(7-11)20(23,24)25;1-6-2-4-7(8)5-3-6;3-2(4,5)1-6;;/h1-2,4,6-7,9,13H,3,5,8,10-11H2;1-2,4,6-8,12,26H,3,5,9-10H2;2-5,8H,1H3;6H,1H2;2*1H2. The van der Waals surface area contributed by atoms with Crippen LogP contribution < -0.4 is 11.1 Å². The number of carbonyl (C=O) groups is 2. The predicted octanol–water partition coefficient (Wildman–Crippen LogP) is 9.66. The molecule has 6 N–H and O–H groups in total. The van der Waals surface area contributed by atoms with Crippen LogP contribution in [0, 0.1) is 18.6 Å². The maximum Gasteiger partial charge on any atom is 0.419 e. The number of amides is 2. The first-order chi connectivity index (χ1) is 36.7. The highest BCUT2D eigenvalue weighted by atomic mass is 32.1. The van der Waals surface area contributed by atoms with Gasteiger partial charge in [-0.25, -0.2) is 17.6 Å². The first-order valence-electron chi connectivity index (χ1n) is 23.2. The molecule has 0 radical (unpaired) electrons. The van der Waals surface area contributed by atoms with Crippen molar-refractivity contribution in [2.24, 2.45) is 0 Å². The van der Waals surface area contributed by atoms with Crippen LogP contribution in [0.1, 0.15) is 29.5 Å². The van der Waals surface area contributed by atoms with Crippen molar-refractivity contribution in [3.8, 4) is 22.3 Å². The monoisotopic (exact) mass is 1190 g/mol. The third-order valence-corrected chi connectivity index (χ3v) is 12.4. The van der Waals surface area contributed by atoms with Crippen molar-refractivity contribution >= 4 is 46.2 Å². The highest BCUT2D eigenvalue weighted by molar-refractivity contribution is 7.80. The molecule has 13 nitrogen and oxygen atoms in total. The molecule has 6 heterocycles. The van der Waals surface area contributed by atoms with Gasteiger partial charge in [-0.1, -0.05) is 29.8 Å². The van der Waals surface area contributed by atoms with E-state index in [4.69, 9.17) is 5.11 Å². The summed E-state index contributed by atoms with van der Waals surface area (Å²) < 4.78 is 207. The minimum Gasteiger partial charge on any atom is -0.412 e. The van der Waals surface area contributed by atoms with Crippen LogP contribution in [0.3, 0.4) is 0 Å². The number of nitrogens with one attached hydrogen (secondary N) is 1. The number of aromatic nitrogens is 4. The highest BCUT2D eigenvalue weighted by Crippen LogP contribution is 2.38. The van der Waals surface area contributed by atoms with Gasteiger partial charge >= 0.3 is 24.7 Å². The van der Waals surface area contributed by atoms with E-state index in [-0.39, 0.29) is 95.1 Å². The number of H-pyrrole nitrogens is 1. The number of nitrogens with zero attached hydrogens (tertiary/aromatic N) is 5. The quantitative estimate of drug-likeness (QED) is 0.106. The van der Waals surface area contributed by atoms with Crippen LogP contribution >= 0.6 is 12.6 Å². The lowest BCUT2D eigenvalue weighted by Crippen LogP contribution is -2.35. The number of fused-ring (bicyclic) bond motifs is 2. The summed E-state index contributed by atoms with van der Waals surface area (Å²) in [7, 11) is 0. The number of alkyl halides is 14. The van der Waals surface area contributed by atoms with E-state index in [1.165, 1.54) is 33.8 Å². The van der Waals surface area contributed by atoms with Crippen molar-refractivity contribution in [2.45, 2.75) is 81.3 Å². The van der Waals surface area contributed by atoms with Gasteiger partial charge < -0.3 is 44.5 Å². The van der Waals surface area contributed by atoms with Crippen LogP contribution in [0.4, 0.5) is 70.2 Å². The van der Waals surface area contributed by atoms with E-state index in [2.05, 4.69) is 24.5 Å². The van der Waals surface area contributed by atoms with Crippen LogP contribution in [0.25, 0.3) is 44.1 Å². The van der Waals surface area contributed by atoms with Gasteiger partial charge in [0.15, 0.2) is 0 Å². The number of halogens is 16. The second-order valence-corrected chi connectivity index (χ2v) is 18.5. The smallest absolute Gasteiger partial charge is 0.412 e. The maximum atomic E-state index is 13.8. The molecule has 2 fully saturated rings. The number of carbonyl (C=O) groups excluding carboxylic acids is 2. The van der Waals surface area contributed by atoms with Crippen LogP contribution in [0.15, 0.2) is 112 Å². The zero-order chi connectivity index (χ0) is 58.5. The molecular weight excluding hydrogens is 1140 g/mol. The average Bonchev–Trinajstić information content (AvgIpc) is 4.18. The molecule has 2 saturated heterocycles. The van der Waals surface area contributed by atoms with E-state index in [0.717, 1.165) is 44.6 Å². The maximum absolute atomic E-state index is 13.8. The average molecular weight is 1190 g/mol. The second-order valence-electron chi connectivity index (χ2n) is 18.0. The number of aliphatic hydroxyl groups is 1. The lowest BCUT2D eigenvalue weighted by atomic mass is 10.0. The van der Waals surface area contributed by atoms with E-state index in [1.807, 2.05) is 24.3 Å². The van der Waals surface area contributed by atoms with Gasteiger partial charge in [0.25, 0.3) is 11.1 Å². The molecule has 30 heteroatoms. The van der Waals surface area contributed by atoms with Gasteiger partial charge in [0, 0.05) is 53.9 Å². The molecule has 81 heavy (non-hydrogen) atoms. The molecule has 9 rings (SSSR count). The first-order valence-corrected chi connectivity index (χ1v) is 23.7. The molecule has 7 aromatic rings. The minimum atomic E-state index is -5.08. The molecule has 4 aromatic heterocycles. The van der Waals surface area contributed by atoms with Crippen molar-refractivity contribution in [1.29, 1.82) is 0 Å². The molecule has 2 unspecified atom stereocenters. The van der Waals surface area contributed by atoms with Gasteiger partial charge in [0.1, 0.15) is 50.2 Å². The molecule has 2 atom stereocenters. The largest absolute Gasteiger partial charge is 0.419 e. The van der Waals surface area contributed by atoms with Gasteiger partial charge in [-0.05, 0) is 79.4 Å². The molecule has 2 aliphatic heterocycles. The third-order valence-electron chi connectivity index (χ3n) is 12.1. The second kappa shape index (κ2) is 26.5. The zero-order valence-electron chi connectivity index (χ0n) is 41.8. The van der Waals surface area contributed by atoms with Gasteiger partial charge in [0.05, 0.1) is 46.0 Å². The number of aromatic amines is 1. The Kier molecular flexibility index (Phi) is 21.7. The summed E-state index contributed by atoms with van der Waals surface area (Å²) in [5.74, 6) is -4.01. The number of likely N-dealkylation sites (tertiary alicyclic amines) is 2. The van der Waals surface area contributed by atoms with Crippen molar-refractivity contribution in [3.05, 3.63) is 147 Å². The molecule has 2 amide bonds. The Morgan fingerprint density at radius 3 is 1.48 bits per heavy atom. The summed E-state index contributed by atoms with van der Waals surface area (Å²) in [6, 6.07) is 15.0. The van der Waals surface area contributed by atoms with Crippen molar-refractivity contribution in [3.63, 3.8) is 0 Å². The molecule has 0 bridgehead atoms. The number of hydrogen-bond donors (Lipinski definition) is 3. The SMILES string of the molecule is Cc1ccc(S)cc1.O.O.O=C(Cn1ccc2[nH]cc(-c3ccc(F)c(C(F)(F)F)c3)c2c1=O)N1CCC(F)C1.O=C(Cn1ccc2c(c(-c3ccc(F)c(C(F)(F)F)c3)cn2CC(F)(F)F)c1=O)N1CCC(F)C1.OCC(F)(F)F. The Morgan fingerprint density at radius 1 is 0.630 bits per heavy atom. The molecule has 2 aliphatic rings. The Hall–Kier alpha value is -7.31. The predicted molar refractivity (Wildman–Crippen MR) is 267 cm³/mol. The van der Waals surface area contributed by atoms with E-state index in [9.17, 15) is 89.4 Å². The van der Waals surface area contributed by atoms with E-state index < -0.39 is 102 Å². The number of thiol groups is 1. The van der Waals surface area contributed by atoms with Crippen molar-refractivity contribution in [2.75, 3.05) is 32.8 Å². The number of pyridine rings is 2. The van der Waals surface area contributed by atoms with Crippen LogP contribution in [0.5, 0.6) is 0 Å². The topological polar surface area (TPSA) is 189 Å². The van der Waals surface area contributed by atoms with Crippen molar-refractivity contribution in [1.82, 2.24) is 28.5 Å². The summed E-state index contributed by atoms with van der Waals surface area (Å²) in [6.45, 7) is -1.83. The Labute approximate surface area is 452 Å². The Morgan fingerprint density at radius 2 is 1.07 bits per heavy atom. The number of hydrogen-bond acceptors (Lipinski definition) is 6. The van der Waals surface area contributed by atoms with E-state index in [0.29, 0.717) is 34.3 Å². The highest BCUT2D eigenvalue weighted by Gasteiger charge is 2.37.